The fourth-order valence-corrected chi connectivity index (χ4v) is 2.70. The van der Waals surface area contributed by atoms with E-state index >= 15 is 0 Å². The molecule has 1 fully saturated rings. The molecule has 0 saturated carbocycles. The Labute approximate surface area is 126 Å². The second-order valence-corrected chi connectivity index (χ2v) is 5.62. The minimum atomic E-state index is -0.164. The van der Waals surface area contributed by atoms with E-state index in [1.807, 2.05) is 26.0 Å². The van der Waals surface area contributed by atoms with Gasteiger partial charge in [-0.05, 0) is 31.5 Å². The molecule has 1 aromatic rings. The first-order valence-corrected chi connectivity index (χ1v) is 7.48. The van der Waals surface area contributed by atoms with Crippen LogP contribution >= 0.6 is 0 Å². The van der Waals surface area contributed by atoms with Gasteiger partial charge in [-0.15, -0.1) is 0 Å². The summed E-state index contributed by atoms with van der Waals surface area (Å²) < 4.78 is 25.0. The summed E-state index contributed by atoms with van der Waals surface area (Å²) in [5.74, 6) is -0.164. The van der Waals surface area contributed by atoms with Crippen molar-refractivity contribution in [2.24, 2.45) is 0 Å². The average molecular weight is 296 g/mol. The zero-order valence-electron chi connectivity index (χ0n) is 13.1. The van der Waals surface area contributed by atoms with Crippen molar-refractivity contribution in [1.82, 2.24) is 5.32 Å². The number of benzene rings is 1. The van der Waals surface area contributed by atoms with Gasteiger partial charge in [0.2, 0.25) is 0 Å². The lowest BCUT2D eigenvalue weighted by Gasteiger charge is -2.37. The third kappa shape index (κ3) is 4.66. The molecule has 2 atom stereocenters. The molecule has 1 aliphatic heterocycles. The number of morpholine rings is 1. The average Bonchev–Trinajstić information content (AvgIpc) is 2.42. The lowest BCUT2D eigenvalue weighted by Crippen LogP contribution is -2.45. The molecule has 1 saturated heterocycles. The Morgan fingerprint density at radius 2 is 2.05 bits per heavy atom. The van der Waals surface area contributed by atoms with Crippen LogP contribution in [0.1, 0.15) is 19.4 Å². The molecule has 5 heteroatoms. The van der Waals surface area contributed by atoms with Crippen molar-refractivity contribution >= 4 is 5.69 Å². The number of nitrogens with one attached hydrogen (secondary N) is 1. The summed E-state index contributed by atoms with van der Waals surface area (Å²) in [5.41, 5.74) is 1.61. The topological polar surface area (TPSA) is 33.7 Å². The fourth-order valence-electron chi connectivity index (χ4n) is 2.70. The molecule has 4 nitrogen and oxygen atoms in total. The maximum atomic E-state index is 14.3. The smallest absolute Gasteiger partial charge is 0.146 e. The van der Waals surface area contributed by atoms with Crippen molar-refractivity contribution in [3.63, 3.8) is 0 Å². The summed E-state index contributed by atoms with van der Waals surface area (Å²) in [6.07, 6.45) is 0.257. The summed E-state index contributed by atoms with van der Waals surface area (Å²) >= 11 is 0. The molecule has 1 N–H and O–H groups in total. The highest BCUT2D eigenvalue weighted by molar-refractivity contribution is 5.49. The summed E-state index contributed by atoms with van der Waals surface area (Å²) in [6, 6.07) is 5.45. The van der Waals surface area contributed by atoms with Gasteiger partial charge in [0.1, 0.15) is 5.82 Å². The van der Waals surface area contributed by atoms with E-state index in [0.717, 1.165) is 25.2 Å². The van der Waals surface area contributed by atoms with E-state index in [1.165, 1.54) is 0 Å². The molecule has 118 valence electrons. The minimum Gasteiger partial charge on any atom is -0.383 e. The molecule has 21 heavy (non-hydrogen) atoms. The van der Waals surface area contributed by atoms with Crippen LogP contribution in [0.25, 0.3) is 0 Å². The van der Waals surface area contributed by atoms with E-state index in [-0.39, 0.29) is 18.0 Å². The number of ether oxygens (including phenoxy) is 2. The Morgan fingerprint density at radius 3 is 2.67 bits per heavy atom. The number of halogens is 1. The van der Waals surface area contributed by atoms with E-state index in [2.05, 4.69) is 10.2 Å². The van der Waals surface area contributed by atoms with Gasteiger partial charge in [0, 0.05) is 33.3 Å². The zero-order valence-corrected chi connectivity index (χ0v) is 13.1. The standard InChI is InChI=1S/C16H25FN2O2/c1-12-10-19(11-13(2)21-12)16-5-4-14(8-15(16)17)9-18-6-7-20-3/h4-5,8,12-13,18H,6-7,9-11H2,1-3H3/t12-,13+. The van der Waals surface area contributed by atoms with Gasteiger partial charge < -0.3 is 19.7 Å². The lowest BCUT2D eigenvalue weighted by atomic mass is 10.1. The molecule has 1 aromatic carbocycles. The third-order valence-corrected chi connectivity index (χ3v) is 3.58. The SMILES string of the molecule is COCCNCc1ccc(N2C[C@@H](C)O[C@@H](C)C2)c(F)c1. The number of methoxy groups -OCH3 is 1. The first kappa shape index (κ1) is 16.2. The highest BCUT2D eigenvalue weighted by Gasteiger charge is 2.24. The number of rotatable bonds is 6. The third-order valence-electron chi connectivity index (χ3n) is 3.58. The largest absolute Gasteiger partial charge is 0.383 e. The maximum absolute atomic E-state index is 14.3. The Kier molecular flexibility index (Phi) is 5.96. The van der Waals surface area contributed by atoms with E-state index in [9.17, 15) is 4.39 Å². The molecule has 0 unspecified atom stereocenters. The van der Waals surface area contributed by atoms with Gasteiger partial charge in [-0.3, -0.25) is 0 Å². The van der Waals surface area contributed by atoms with Crippen LogP contribution in [0.3, 0.4) is 0 Å². The maximum Gasteiger partial charge on any atom is 0.146 e. The molecule has 1 heterocycles. The quantitative estimate of drug-likeness (QED) is 0.816. The van der Waals surface area contributed by atoms with E-state index in [1.54, 1.807) is 13.2 Å². The summed E-state index contributed by atoms with van der Waals surface area (Å²) in [6.45, 7) is 7.57. The molecule has 0 amide bonds. The van der Waals surface area contributed by atoms with Gasteiger partial charge in [-0.25, -0.2) is 4.39 Å². The van der Waals surface area contributed by atoms with Crippen LogP contribution in [0.15, 0.2) is 18.2 Å². The first-order chi connectivity index (χ1) is 10.1. The monoisotopic (exact) mass is 296 g/mol. The van der Waals surface area contributed by atoms with E-state index < -0.39 is 0 Å². The summed E-state index contributed by atoms with van der Waals surface area (Å²) in [5, 5.41) is 3.22. The van der Waals surface area contributed by atoms with Gasteiger partial charge in [-0.2, -0.15) is 0 Å². The second-order valence-electron chi connectivity index (χ2n) is 5.62. The van der Waals surface area contributed by atoms with Gasteiger partial charge in [0.05, 0.1) is 24.5 Å². The molecule has 1 aliphatic rings. The highest BCUT2D eigenvalue weighted by Crippen LogP contribution is 2.24. The summed E-state index contributed by atoms with van der Waals surface area (Å²) in [4.78, 5) is 2.07. The van der Waals surface area contributed by atoms with Crippen LogP contribution in [-0.4, -0.2) is 45.6 Å². The molecule has 2 rings (SSSR count). The van der Waals surface area contributed by atoms with Gasteiger partial charge in [0.25, 0.3) is 0 Å². The predicted molar refractivity (Wildman–Crippen MR) is 82.2 cm³/mol. The molecular formula is C16H25FN2O2. The number of nitrogens with zero attached hydrogens (tertiary/aromatic N) is 1. The van der Waals surface area contributed by atoms with Crippen LogP contribution in [-0.2, 0) is 16.0 Å². The minimum absolute atomic E-state index is 0.128. The highest BCUT2D eigenvalue weighted by atomic mass is 19.1. The molecular weight excluding hydrogens is 271 g/mol. The Hall–Kier alpha value is -1.17. The van der Waals surface area contributed by atoms with Gasteiger partial charge >= 0.3 is 0 Å². The van der Waals surface area contributed by atoms with Gasteiger partial charge in [-0.1, -0.05) is 6.07 Å². The zero-order chi connectivity index (χ0) is 15.2. The Bertz CT molecular complexity index is 446. The molecule has 0 aromatic heterocycles. The lowest BCUT2D eigenvalue weighted by molar-refractivity contribution is -0.00539. The van der Waals surface area contributed by atoms with Gasteiger partial charge in [0.15, 0.2) is 0 Å². The first-order valence-electron chi connectivity index (χ1n) is 7.48. The number of hydrogen-bond donors (Lipinski definition) is 1. The van der Waals surface area contributed by atoms with Crippen molar-refractivity contribution in [2.45, 2.75) is 32.6 Å². The van der Waals surface area contributed by atoms with E-state index in [4.69, 9.17) is 9.47 Å². The van der Waals surface area contributed by atoms with Crippen molar-refractivity contribution < 1.29 is 13.9 Å². The normalized spacial score (nSPS) is 22.6. The van der Waals surface area contributed by atoms with Crippen molar-refractivity contribution in [1.29, 1.82) is 0 Å². The van der Waals surface area contributed by atoms with Crippen LogP contribution in [0.5, 0.6) is 0 Å². The predicted octanol–water partition coefficient (Wildman–Crippen LogP) is 2.18. The van der Waals surface area contributed by atoms with Crippen molar-refractivity contribution in [3.8, 4) is 0 Å². The van der Waals surface area contributed by atoms with Crippen LogP contribution < -0.4 is 10.2 Å². The van der Waals surface area contributed by atoms with E-state index in [0.29, 0.717) is 18.8 Å². The second kappa shape index (κ2) is 7.73. The fraction of sp³-hybridized carbons (Fsp3) is 0.625. The molecule has 0 radical (unpaired) electrons. The van der Waals surface area contributed by atoms with Crippen molar-refractivity contribution in [2.75, 3.05) is 38.3 Å². The van der Waals surface area contributed by atoms with Crippen molar-refractivity contribution in [3.05, 3.63) is 29.6 Å². The van der Waals surface area contributed by atoms with Crippen LogP contribution in [0.2, 0.25) is 0 Å². The number of hydrogen-bond acceptors (Lipinski definition) is 4. The molecule has 0 spiro atoms. The summed E-state index contributed by atoms with van der Waals surface area (Å²) in [7, 11) is 1.67. The molecule has 0 aliphatic carbocycles. The van der Waals surface area contributed by atoms with Crippen LogP contribution in [0.4, 0.5) is 10.1 Å². The molecule has 0 bridgehead atoms. The Morgan fingerprint density at radius 1 is 1.33 bits per heavy atom. The van der Waals surface area contributed by atoms with Crippen LogP contribution in [0, 0.1) is 5.82 Å². The number of anilines is 1. The Balaban J connectivity index is 1.98.